The van der Waals surface area contributed by atoms with Crippen molar-refractivity contribution in [2.75, 3.05) is 0 Å². The third-order valence-electron chi connectivity index (χ3n) is 3.13. The van der Waals surface area contributed by atoms with E-state index in [1.54, 1.807) is 12.1 Å². The van der Waals surface area contributed by atoms with E-state index in [0.29, 0.717) is 5.56 Å². The molecule has 0 bridgehead atoms. The minimum absolute atomic E-state index is 0. The second kappa shape index (κ2) is 6.50. The Bertz CT molecular complexity index is 458. The summed E-state index contributed by atoms with van der Waals surface area (Å²) in [6, 6.07) is 3.53. The van der Waals surface area contributed by atoms with E-state index in [9.17, 15) is 15.0 Å². The maximum atomic E-state index is 10.8. The number of aromatic hydroxyl groups is 1. The molecule has 1 aromatic carbocycles. The van der Waals surface area contributed by atoms with Gasteiger partial charge in [0, 0.05) is 12.4 Å². The van der Waals surface area contributed by atoms with Crippen molar-refractivity contribution in [1.82, 2.24) is 0 Å². The molecule has 0 aliphatic carbocycles. The van der Waals surface area contributed by atoms with Crippen LogP contribution in [0.5, 0.6) is 5.75 Å². The molecule has 0 fully saturated rings. The quantitative estimate of drug-likeness (QED) is 0.730. The summed E-state index contributed by atoms with van der Waals surface area (Å²) in [5, 5.41) is 21.3. The van der Waals surface area contributed by atoms with Crippen LogP contribution < -0.4 is 34.7 Å². The molecule has 1 N–H and O–H groups in total. The van der Waals surface area contributed by atoms with Gasteiger partial charge in [-0.3, -0.25) is 0 Å². The van der Waals surface area contributed by atoms with E-state index in [1.807, 2.05) is 41.5 Å². The molecule has 0 unspecified atom stereocenters. The standard InChI is InChI=1S/C16H24O3.Na/c1-15(2,3)11-7-10(9-13(17)18)8-12(14(11)19)16(4,5)6;/h7-8,19H,9H2,1-6H3,(H,17,18);/q;+1/p-1. The second-order valence-electron chi connectivity index (χ2n) is 7.09. The van der Waals surface area contributed by atoms with Crippen LogP contribution in [0.2, 0.25) is 0 Å². The maximum Gasteiger partial charge on any atom is 1.00 e. The molecule has 20 heavy (non-hydrogen) atoms. The minimum atomic E-state index is -1.11. The first-order valence-corrected chi connectivity index (χ1v) is 6.49. The fraction of sp³-hybridized carbons (Fsp3) is 0.562. The third kappa shape index (κ3) is 4.80. The van der Waals surface area contributed by atoms with Crippen molar-refractivity contribution >= 4 is 5.97 Å². The van der Waals surface area contributed by atoms with Gasteiger partial charge < -0.3 is 15.0 Å². The van der Waals surface area contributed by atoms with Gasteiger partial charge in [0.25, 0.3) is 0 Å². The summed E-state index contributed by atoms with van der Waals surface area (Å²) in [7, 11) is 0. The van der Waals surface area contributed by atoms with Gasteiger partial charge in [-0.2, -0.15) is 0 Å². The van der Waals surface area contributed by atoms with Crippen LogP contribution in [0.4, 0.5) is 0 Å². The van der Waals surface area contributed by atoms with Crippen LogP contribution in [0.15, 0.2) is 12.1 Å². The van der Waals surface area contributed by atoms with Gasteiger partial charge in [-0.05, 0) is 27.5 Å². The average molecular weight is 286 g/mol. The Hall–Kier alpha value is -0.510. The molecule has 4 heteroatoms. The van der Waals surface area contributed by atoms with Gasteiger partial charge in [-0.1, -0.05) is 53.7 Å². The fourth-order valence-electron chi connectivity index (χ4n) is 2.11. The maximum absolute atomic E-state index is 10.8. The molecule has 3 nitrogen and oxygen atoms in total. The predicted molar refractivity (Wildman–Crippen MR) is 74.2 cm³/mol. The molecule has 0 aromatic heterocycles. The molecule has 0 saturated heterocycles. The normalized spacial score (nSPS) is 11.9. The first-order valence-electron chi connectivity index (χ1n) is 6.49. The predicted octanol–water partition coefficient (Wildman–Crippen LogP) is -0.716. The Morgan fingerprint density at radius 2 is 1.40 bits per heavy atom. The summed E-state index contributed by atoms with van der Waals surface area (Å²) in [4.78, 5) is 10.8. The van der Waals surface area contributed by atoms with Crippen LogP contribution in [-0.2, 0) is 22.0 Å². The number of hydrogen-bond donors (Lipinski definition) is 1. The summed E-state index contributed by atoms with van der Waals surface area (Å²) < 4.78 is 0. The van der Waals surface area contributed by atoms with E-state index in [4.69, 9.17) is 0 Å². The van der Waals surface area contributed by atoms with Gasteiger partial charge in [0.2, 0.25) is 0 Å². The van der Waals surface area contributed by atoms with Crippen LogP contribution in [-0.4, -0.2) is 11.1 Å². The van der Waals surface area contributed by atoms with Crippen LogP contribution in [0.25, 0.3) is 0 Å². The molecule has 1 aromatic rings. The van der Waals surface area contributed by atoms with Gasteiger partial charge in [0.1, 0.15) is 5.75 Å². The molecule has 106 valence electrons. The number of hydrogen-bond acceptors (Lipinski definition) is 3. The molecule has 0 atom stereocenters. The van der Waals surface area contributed by atoms with Gasteiger partial charge in [-0.25, -0.2) is 0 Å². The molecule has 0 aliphatic rings. The van der Waals surface area contributed by atoms with E-state index in [1.165, 1.54) is 0 Å². The monoisotopic (exact) mass is 286 g/mol. The van der Waals surface area contributed by atoms with Crippen molar-refractivity contribution in [1.29, 1.82) is 0 Å². The Labute approximate surface area is 143 Å². The number of carboxylic acids is 1. The van der Waals surface area contributed by atoms with Gasteiger partial charge >= 0.3 is 29.6 Å². The SMILES string of the molecule is CC(C)(C)c1cc(CC(=O)[O-])cc(C(C)(C)C)c1O.[Na+]. The van der Waals surface area contributed by atoms with Crippen molar-refractivity contribution in [3.63, 3.8) is 0 Å². The van der Waals surface area contributed by atoms with Crippen molar-refractivity contribution < 1.29 is 44.6 Å². The molecular formula is C16H23NaO3. The van der Waals surface area contributed by atoms with E-state index >= 15 is 0 Å². The fourth-order valence-corrected chi connectivity index (χ4v) is 2.11. The van der Waals surface area contributed by atoms with Crippen molar-refractivity contribution in [2.24, 2.45) is 0 Å². The summed E-state index contributed by atoms with van der Waals surface area (Å²) >= 11 is 0. The molecule has 0 spiro atoms. The smallest absolute Gasteiger partial charge is 0.550 e. The Balaban J connectivity index is 0.00000361. The number of carboxylic acid groups (broad SMARTS) is 1. The average Bonchev–Trinajstić information content (AvgIpc) is 2.16. The molecule has 0 amide bonds. The molecular weight excluding hydrogens is 263 g/mol. The van der Waals surface area contributed by atoms with Crippen LogP contribution >= 0.6 is 0 Å². The number of carbonyl (C=O) groups excluding carboxylic acids is 1. The molecule has 0 radical (unpaired) electrons. The summed E-state index contributed by atoms with van der Waals surface area (Å²) in [5.41, 5.74) is 1.73. The van der Waals surface area contributed by atoms with Crippen LogP contribution in [0, 0.1) is 0 Å². The van der Waals surface area contributed by atoms with E-state index < -0.39 is 5.97 Å². The number of phenolic OH excluding ortho intramolecular Hbond substituents is 1. The topological polar surface area (TPSA) is 60.4 Å². The molecule has 0 saturated carbocycles. The number of benzene rings is 1. The number of rotatable bonds is 2. The van der Waals surface area contributed by atoms with Gasteiger partial charge in [0.05, 0.1) is 0 Å². The zero-order valence-electron chi connectivity index (χ0n) is 13.6. The molecule has 1 rings (SSSR count). The zero-order chi connectivity index (χ0) is 15.0. The largest absolute Gasteiger partial charge is 1.00 e. The van der Waals surface area contributed by atoms with E-state index in [2.05, 4.69) is 0 Å². The summed E-state index contributed by atoms with van der Waals surface area (Å²) in [6.45, 7) is 12.0. The summed E-state index contributed by atoms with van der Waals surface area (Å²) in [6.07, 6.45) is -0.133. The summed E-state index contributed by atoms with van der Waals surface area (Å²) in [5.74, 6) is -0.840. The molecule has 0 heterocycles. The molecule has 0 aliphatic heterocycles. The second-order valence-corrected chi connectivity index (χ2v) is 7.09. The van der Waals surface area contributed by atoms with Crippen LogP contribution in [0.3, 0.4) is 0 Å². The minimum Gasteiger partial charge on any atom is -0.550 e. The van der Waals surface area contributed by atoms with Crippen LogP contribution in [0.1, 0.15) is 58.2 Å². The zero-order valence-corrected chi connectivity index (χ0v) is 15.6. The van der Waals surface area contributed by atoms with Gasteiger partial charge in [0.15, 0.2) is 0 Å². The number of carbonyl (C=O) groups is 1. The Morgan fingerprint density at radius 1 is 1.05 bits per heavy atom. The van der Waals surface area contributed by atoms with Crippen molar-refractivity contribution in [2.45, 2.75) is 58.8 Å². The number of phenols is 1. The number of aliphatic carboxylic acids is 1. The first kappa shape index (κ1) is 19.5. The van der Waals surface area contributed by atoms with Gasteiger partial charge in [-0.15, -0.1) is 0 Å². The first-order chi connectivity index (χ1) is 8.43. The third-order valence-corrected chi connectivity index (χ3v) is 3.13. The Morgan fingerprint density at radius 3 is 1.65 bits per heavy atom. The van der Waals surface area contributed by atoms with E-state index in [-0.39, 0.29) is 52.6 Å². The Kier molecular flexibility index (Phi) is 6.34. The van der Waals surface area contributed by atoms with E-state index in [0.717, 1.165) is 11.1 Å². The van der Waals surface area contributed by atoms with Crippen molar-refractivity contribution in [3.8, 4) is 5.75 Å². The van der Waals surface area contributed by atoms with Crippen molar-refractivity contribution in [3.05, 3.63) is 28.8 Å².